The molecule has 0 spiro atoms. The van der Waals surface area contributed by atoms with Crippen LogP contribution in [0.2, 0.25) is 0 Å². The van der Waals surface area contributed by atoms with Crippen molar-refractivity contribution in [3.05, 3.63) is 54.2 Å². The lowest BCUT2D eigenvalue weighted by Crippen LogP contribution is -2.15. The lowest BCUT2D eigenvalue weighted by Gasteiger charge is -2.13. The van der Waals surface area contributed by atoms with Gasteiger partial charge in [0.25, 0.3) is 0 Å². The molecule has 0 aliphatic rings. The van der Waals surface area contributed by atoms with Gasteiger partial charge in [0.2, 0.25) is 0 Å². The van der Waals surface area contributed by atoms with E-state index in [0.29, 0.717) is 23.5 Å². The fraction of sp³-hybridized carbons (Fsp3) is 0.250. The fourth-order valence-electron chi connectivity index (χ4n) is 2.35. The number of hydrogen-bond acceptors (Lipinski definition) is 6. The quantitative estimate of drug-likeness (QED) is 0.671. The zero-order valence-electron chi connectivity index (χ0n) is 15.0. The van der Waals surface area contributed by atoms with Gasteiger partial charge in [0.1, 0.15) is 5.75 Å². The van der Waals surface area contributed by atoms with Crippen LogP contribution in [0.1, 0.15) is 24.3 Å². The summed E-state index contributed by atoms with van der Waals surface area (Å²) in [6.07, 6.45) is 0. The molecule has 0 aliphatic heterocycles. The number of anilines is 2. The Morgan fingerprint density at radius 3 is 2.31 bits per heavy atom. The van der Waals surface area contributed by atoms with Crippen molar-refractivity contribution in [3.8, 4) is 5.75 Å². The maximum Gasteiger partial charge on any atom is 0.360 e. The van der Waals surface area contributed by atoms with Crippen LogP contribution >= 0.6 is 0 Å². The summed E-state index contributed by atoms with van der Waals surface area (Å²) in [6, 6.07) is 14.8. The van der Waals surface area contributed by atoms with Crippen molar-refractivity contribution in [1.29, 1.82) is 0 Å². The van der Waals surface area contributed by atoms with Gasteiger partial charge in [0.05, 0.1) is 24.8 Å². The van der Waals surface area contributed by atoms with Crippen molar-refractivity contribution in [3.63, 3.8) is 0 Å². The number of para-hydroxylation sites is 2. The lowest BCUT2D eigenvalue weighted by atomic mass is 10.2. The third-order valence-corrected chi connectivity index (χ3v) is 3.66. The van der Waals surface area contributed by atoms with Gasteiger partial charge < -0.3 is 14.8 Å². The van der Waals surface area contributed by atoms with E-state index in [1.807, 2.05) is 62.4 Å². The second kappa shape index (κ2) is 7.82. The lowest BCUT2D eigenvalue weighted by molar-refractivity contribution is 0.0453. The topological polar surface area (TPSA) is 73.3 Å². The molecular formula is C20H21N3O3. The summed E-state index contributed by atoms with van der Waals surface area (Å²) < 4.78 is 10.5. The number of rotatable bonds is 6. The van der Waals surface area contributed by atoms with Gasteiger partial charge in [-0.05, 0) is 42.3 Å². The Hall–Kier alpha value is -3.15. The van der Waals surface area contributed by atoms with Crippen LogP contribution in [0.25, 0.3) is 11.0 Å². The summed E-state index contributed by atoms with van der Waals surface area (Å²) in [7, 11) is 1.61. The van der Waals surface area contributed by atoms with Crippen LogP contribution in [0, 0.1) is 5.92 Å². The molecule has 6 nitrogen and oxygen atoms in total. The first-order chi connectivity index (χ1) is 12.6. The monoisotopic (exact) mass is 351 g/mol. The van der Waals surface area contributed by atoms with Gasteiger partial charge in [0, 0.05) is 5.69 Å². The molecule has 0 radical (unpaired) electrons. The summed E-state index contributed by atoms with van der Waals surface area (Å²) in [6.45, 7) is 4.29. The zero-order valence-corrected chi connectivity index (χ0v) is 15.0. The van der Waals surface area contributed by atoms with Crippen LogP contribution in [0.5, 0.6) is 5.75 Å². The summed E-state index contributed by atoms with van der Waals surface area (Å²) in [4.78, 5) is 21.5. The molecule has 0 unspecified atom stereocenters. The van der Waals surface area contributed by atoms with E-state index in [9.17, 15) is 4.79 Å². The van der Waals surface area contributed by atoms with Crippen molar-refractivity contribution in [2.24, 2.45) is 5.92 Å². The molecule has 3 rings (SSSR count). The van der Waals surface area contributed by atoms with Crippen LogP contribution in [0.3, 0.4) is 0 Å². The number of ether oxygens (including phenoxy) is 2. The average Bonchev–Trinajstić information content (AvgIpc) is 2.66. The fourth-order valence-corrected chi connectivity index (χ4v) is 2.35. The van der Waals surface area contributed by atoms with Crippen molar-refractivity contribution >= 4 is 28.5 Å². The predicted molar refractivity (Wildman–Crippen MR) is 101 cm³/mol. The average molecular weight is 351 g/mol. The van der Waals surface area contributed by atoms with E-state index in [1.165, 1.54) is 0 Å². The summed E-state index contributed by atoms with van der Waals surface area (Å²) >= 11 is 0. The van der Waals surface area contributed by atoms with Crippen molar-refractivity contribution < 1.29 is 14.3 Å². The minimum absolute atomic E-state index is 0.167. The summed E-state index contributed by atoms with van der Waals surface area (Å²) in [5.41, 5.74) is 2.28. The van der Waals surface area contributed by atoms with Gasteiger partial charge in [-0.25, -0.2) is 14.8 Å². The molecule has 0 fully saturated rings. The third-order valence-electron chi connectivity index (χ3n) is 3.66. The molecule has 1 heterocycles. The summed E-state index contributed by atoms with van der Waals surface area (Å²) in [5.74, 6) is 0.859. The van der Waals surface area contributed by atoms with Gasteiger partial charge in [0.15, 0.2) is 11.5 Å². The molecule has 6 heteroatoms. The zero-order chi connectivity index (χ0) is 18.5. The first-order valence-electron chi connectivity index (χ1n) is 8.42. The highest BCUT2D eigenvalue weighted by Crippen LogP contribution is 2.23. The number of methoxy groups -OCH3 is 1. The molecule has 1 N–H and O–H groups in total. The SMILES string of the molecule is COc1ccc(Nc2nc3ccccc3nc2C(=O)OCC(C)C)cc1. The number of carbonyl (C=O) groups is 1. The van der Waals surface area contributed by atoms with Gasteiger partial charge in [-0.1, -0.05) is 26.0 Å². The maximum atomic E-state index is 12.5. The Kier molecular flexibility index (Phi) is 5.31. The number of aromatic nitrogens is 2. The molecule has 3 aromatic rings. The standard InChI is InChI=1S/C20H21N3O3/c1-13(2)12-26-20(24)18-19(21-14-8-10-15(25-3)11-9-14)23-17-7-5-4-6-16(17)22-18/h4-11,13H,12H2,1-3H3,(H,21,23). The number of carbonyl (C=O) groups excluding carboxylic acids is 1. The van der Waals surface area contributed by atoms with Crippen molar-refractivity contribution in [2.75, 3.05) is 19.0 Å². The van der Waals surface area contributed by atoms with E-state index in [2.05, 4.69) is 15.3 Å². The van der Waals surface area contributed by atoms with Crippen molar-refractivity contribution in [1.82, 2.24) is 9.97 Å². The molecule has 134 valence electrons. The summed E-state index contributed by atoms with van der Waals surface area (Å²) in [5, 5.41) is 3.15. The Morgan fingerprint density at radius 1 is 1.04 bits per heavy atom. The molecule has 0 aliphatic carbocycles. The number of hydrogen-bond donors (Lipinski definition) is 1. The highest BCUT2D eigenvalue weighted by atomic mass is 16.5. The second-order valence-electron chi connectivity index (χ2n) is 6.26. The first-order valence-corrected chi connectivity index (χ1v) is 8.42. The van der Waals surface area contributed by atoms with Crippen LogP contribution in [-0.4, -0.2) is 29.7 Å². The highest BCUT2D eigenvalue weighted by molar-refractivity contribution is 5.96. The molecule has 0 saturated carbocycles. The minimum atomic E-state index is -0.493. The van der Waals surface area contributed by atoms with Gasteiger partial charge in [-0.15, -0.1) is 0 Å². The van der Waals surface area contributed by atoms with E-state index in [0.717, 1.165) is 11.4 Å². The smallest absolute Gasteiger partial charge is 0.360 e. The van der Waals surface area contributed by atoms with Gasteiger partial charge >= 0.3 is 5.97 Å². The van der Waals surface area contributed by atoms with Crippen molar-refractivity contribution in [2.45, 2.75) is 13.8 Å². The first kappa shape index (κ1) is 17.7. The van der Waals surface area contributed by atoms with Crippen LogP contribution in [-0.2, 0) is 4.74 Å². The van der Waals surface area contributed by atoms with Gasteiger partial charge in [-0.2, -0.15) is 0 Å². The largest absolute Gasteiger partial charge is 0.497 e. The number of nitrogens with one attached hydrogen (secondary N) is 1. The van der Waals surface area contributed by atoms with Crippen LogP contribution < -0.4 is 10.1 Å². The highest BCUT2D eigenvalue weighted by Gasteiger charge is 2.18. The molecule has 1 aromatic heterocycles. The molecule has 0 saturated heterocycles. The molecule has 0 atom stereocenters. The van der Waals surface area contributed by atoms with E-state index in [1.54, 1.807) is 7.11 Å². The number of esters is 1. The van der Waals surface area contributed by atoms with Crippen LogP contribution in [0.15, 0.2) is 48.5 Å². The van der Waals surface area contributed by atoms with E-state index in [4.69, 9.17) is 9.47 Å². The Labute approximate surface area is 152 Å². The molecule has 2 aromatic carbocycles. The predicted octanol–water partition coefficient (Wildman–Crippen LogP) is 4.19. The second-order valence-corrected chi connectivity index (χ2v) is 6.26. The van der Waals surface area contributed by atoms with Gasteiger partial charge in [-0.3, -0.25) is 0 Å². The molecule has 0 bridgehead atoms. The Bertz CT molecular complexity index is 908. The minimum Gasteiger partial charge on any atom is -0.497 e. The van der Waals surface area contributed by atoms with E-state index < -0.39 is 5.97 Å². The Balaban J connectivity index is 1.97. The van der Waals surface area contributed by atoms with E-state index >= 15 is 0 Å². The number of nitrogens with zero attached hydrogens (tertiary/aromatic N) is 2. The molecule has 26 heavy (non-hydrogen) atoms. The Morgan fingerprint density at radius 2 is 1.69 bits per heavy atom. The maximum absolute atomic E-state index is 12.5. The third kappa shape index (κ3) is 4.08. The van der Waals surface area contributed by atoms with Crippen LogP contribution in [0.4, 0.5) is 11.5 Å². The normalized spacial score (nSPS) is 10.8. The van der Waals surface area contributed by atoms with E-state index in [-0.39, 0.29) is 11.6 Å². The molecule has 0 amide bonds. The molecular weight excluding hydrogens is 330 g/mol. The number of benzene rings is 2. The number of fused-ring (bicyclic) bond motifs is 1.